The monoisotopic (exact) mass is 378 g/mol. The number of hydrogen-bond acceptors (Lipinski definition) is 5. The Labute approximate surface area is 155 Å². The third kappa shape index (κ3) is 4.82. The van der Waals surface area contributed by atoms with Gasteiger partial charge in [0.2, 0.25) is 0 Å². The van der Waals surface area contributed by atoms with Crippen LogP contribution in [0.4, 0.5) is 11.4 Å². The summed E-state index contributed by atoms with van der Waals surface area (Å²) in [6, 6.07) is 11.8. The van der Waals surface area contributed by atoms with Gasteiger partial charge in [0.1, 0.15) is 0 Å². The van der Waals surface area contributed by atoms with Gasteiger partial charge in [-0.25, -0.2) is 8.42 Å². The lowest BCUT2D eigenvalue weighted by molar-refractivity contribution is 0.354. The molecular formula is C19H26N2O4S. The van der Waals surface area contributed by atoms with Gasteiger partial charge in [-0.3, -0.25) is 4.72 Å². The van der Waals surface area contributed by atoms with Gasteiger partial charge in [0.15, 0.2) is 11.5 Å². The van der Waals surface area contributed by atoms with Gasteiger partial charge in [-0.15, -0.1) is 0 Å². The normalized spacial score (nSPS) is 11.1. The molecular weight excluding hydrogens is 352 g/mol. The molecule has 142 valence electrons. The van der Waals surface area contributed by atoms with E-state index in [1.165, 1.54) is 26.4 Å². The molecule has 26 heavy (non-hydrogen) atoms. The lowest BCUT2D eigenvalue weighted by atomic mass is 10.2. The van der Waals surface area contributed by atoms with Crippen LogP contribution in [0.1, 0.15) is 19.8 Å². The molecule has 0 aromatic heterocycles. The minimum atomic E-state index is -3.72. The maximum Gasteiger partial charge on any atom is 0.262 e. The first-order valence-electron chi connectivity index (χ1n) is 8.47. The summed E-state index contributed by atoms with van der Waals surface area (Å²) < 4.78 is 38.1. The first-order valence-corrected chi connectivity index (χ1v) is 9.95. The first kappa shape index (κ1) is 19.9. The molecule has 0 aliphatic rings. The third-order valence-electron chi connectivity index (χ3n) is 4.07. The second kappa shape index (κ2) is 8.80. The van der Waals surface area contributed by atoms with Crippen LogP contribution in [0.2, 0.25) is 0 Å². The van der Waals surface area contributed by atoms with Gasteiger partial charge in [0.05, 0.1) is 19.1 Å². The van der Waals surface area contributed by atoms with Crippen molar-refractivity contribution in [1.82, 2.24) is 0 Å². The third-order valence-corrected chi connectivity index (χ3v) is 5.45. The molecule has 2 rings (SSSR count). The van der Waals surface area contributed by atoms with E-state index in [1.807, 2.05) is 19.2 Å². The number of nitrogens with zero attached hydrogens (tertiary/aromatic N) is 1. The number of nitrogens with one attached hydrogen (secondary N) is 1. The predicted molar refractivity (Wildman–Crippen MR) is 105 cm³/mol. The Balaban J connectivity index is 2.16. The molecule has 0 spiro atoms. The number of methoxy groups -OCH3 is 2. The van der Waals surface area contributed by atoms with Crippen molar-refractivity contribution in [2.75, 3.05) is 37.4 Å². The summed E-state index contributed by atoms with van der Waals surface area (Å²) in [5.41, 5.74) is 1.56. The van der Waals surface area contributed by atoms with Crippen LogP contribution in [0, 0.1) is 0 Å². The molecule has 0 radical (unpaired) electrons. The molecule has 7 heteroatoms. The molecule has 2 aromatic rings. The molecule has 6 nitrogen and oxygen atoms in total. The summed E-state index contributed by atoms with van der Waals surface area (Å²) in [6.45, 7) is 3.12. The van der Waals surface area contributed by atoms with Crippen molar-refractivity contribution >= 4 is 21.4 Å². The van der Waals surface area contributed by atoms with E-state index in [2.05, 4.69) is 16.5 Å². The van der Waals surface area contributed by atoms with Crippen molar-refractivity contribution < 1.29 is 17.9 Å². The second-order valence-corrected chi connectivity index (χ2v) is 7.63. The average Bonchev–Trinajstić information content (AvgIpc) is 2.65. The molecule has 0 saturated heterocycles. The fraction of sp³-hybridized carbons (Fsp3) is 0.368. The van der Waals surface area contributed by atoms with Crippen molar-refractivity contribution in [3.8, 4) is 11.5 Å². The Morgan fingerprint density at radius 1 is 1.00 bits per heavy atom. The van der Waals surface area contributed by atoms with Crippen LogP contribution in [0.15, 0.2) is 47.4 Å². The van der Waals surface area contributed by atoms with E-state index in [0.29, 0.717) is 17.2 Å². The lowest BCUT2D eigenvalue weighted by Crippen LogP contribution is -2.18. The van der Waals surface area contributed by atoms with E-state index in [1.54, 1.807) is 18.2 Å². The molecule has 0 atom stereocenters. The van der Waals surface area contributed by atoms with Crippen LogP contribution >= 0.6 is 0 Å². The summed E-state index contributed by atoms with van der Waals surface area (Å²) in [4.78, 5) is 2.26. The molecule has 0 aliphatic heterocycles. The highest BCUT2D eigenvalue weighted by Crippen LogP contribution is 2.30. The fourth-order valence-corrected chi connectivity index (χ4v) is 3.58. The van der Waals surface area contributed by atoms with E-state index in [4.69, 9.17) is 9.47 Å². The SMILES string of the molecule is CCCCN(C)c1ccc(NS(=O)(=O)c2ccc(OC)c(OC)c2)cc1. The number of benzene rings is 2. The quantitative estimate of drug-likeness (QED) is 0.720. The van der Waals surface area contributed by atoms with Crippen LogP contribution in [0.25, 0.3) is 0 Å². The van der Waals surface area contributed by atoms with E-state index >= 15 is 0 Å². The van der Waals surface area contributed by atoms with Gasteiger partial charge >= 0.3 is 0 Å². The Hall–Kier alpha value is -2.41. The average molecular weight is 378 g/mol. The van der Waals surface area contributed by atoms with Crippen LogP contribution in [0.3, 0.4) is 0 Å². The lowest BCUT2D eigenvalue weighted by Gasteiger charge is -2.19. The minimum Gasteiger partial charge on any atom is -0.493 e. The zero-order chi connectivity index (χ0) is 19.2. The summed E-state index contributed by atoms with van der Waals surface area (Å²) in [5, 5.41) is 0. The molecule has 0 amide bonds. The zero-order valence-corrected chi connectivity index (χ0v) is 16.5. The van der Waals surface area contributed by atoms with Crippen molar-refractivity contribution in [1.29, 1.82) is 0 Å². The molecule has 0 bridgehead atoms. The molecule has 0 fully saturated rings. The molecule has 2 aromatic carbocycles. The predicted octanol–water partition coefficient (Wildman–Crippen LogP) is 3.74. The van der Waals surface area contributed by atoms with Gasteiger partial charge in [-0.1, -0.05) is 13.3 Å². The summed E-state index contributed by atoms with van der Waals surface area (Å²) in [6.07, 6.45) is 2.25. The standard InChI is InChI=1S/C19H26N2O4S/c1-5-6-13-21(2)16-9-7-15(8-10-16)20-26(22,23)17-11-12-18(24-3)19(14-17)25-4/h7-12,14,20H,5-6,13H2,1-4H3. The molecule has 0 heterocycles. The van der Waals surface area contributed by atoms with Gasteiger partial charge < -0.3 is 14.4 Å². The largest absolute Gasteiger partial charge is 0.493 e. The summed E-state index contributed by atoms with van der Waals surface area (Å²) in [5.74, 6) is 0.842. The highest BCUT2D eigenvalue weighted by molar-refractivity contribution is 7.92. The van der Waals surface area contributed by atoms with Crippen molar-refractivity contribution in [3.05, 3.63) is 42.5 Å². The second-order valence-electron chi connectivity index (χ2n) is 5.94. The molecule has 0 aliphatic carbocycles. The van der Waals surface area contributed by atoms with E-state index in [9.17, 15) is 8.42 Å². The van der Waals surface area contributed by atoms with Gasteiger partial charge in [0, 0.05) is 31.0 Å². The smallest absolute Gasteiger partial charge is 0.262 e. The summed E-state index contributed by atoms with van der Waals surface area (Å²) >= 11 is 0. The van der Waals surface area contributed by atoms with Crippen LogP contribution in [-0.2, 0) is 10.0 Å². The topological polar surface area (TPSA) is 67.9 Å². The zero-order valence-electron chi connectivity index (χ0n) is 15.7. The van der Waals surface area contributed by atoms with Crippen LogP contribution in [-0.4, -0.2) is 36.2 Å². The number of hydrogen-bond donors (Lipinski definition) is 1. The van der Waals surface area contributed by atoms with E-state index in [-0.39, 0.29) is 4.90 Å². The Morgan fingerprint density at radius 2 is 1.65 bits per heavy atom. The van der Waals surface area contributed by atoms with E-state index in [0.717, 1.165) is 25.1 Å². The highest BCUT2D eigenvalue weighted by Gasteiger charge is 2.17. The van der Waals surface area contributed by atoms with Gasteiger partial charge in [0.25, 0.3) is 10.0 Å². The van der Waals surface area contributed by atoms with E-state index < -0.39 is 10.0 Å². The Bertz CT molecular complexity index is 820. The number of anilines is 2. The first-order chi connectivity index (χ1) is 12.4. The van der Waals surface area contributed by atoms with Crippen LogP contribution < -0.4 is 19.1 Å². The number of unbranched alkanes of at least 4 members (excludes halogenated alkanes) is 1. The number of ether oxygens (including phenoxy) is 2. The maximum atomic E-state index is 12.6. The molecule has 0 unspecified atom stereocenters. The summed E-state index contributed by atoms with van der Waals surface area (Å²) in [7, 11) is 1.28. The van der Waals surface area contributed by atoms with Crippen molar-refractivity contribution in [3.63, 3.8) is 0 Å². The Morgan fingerprint density at radius 3 is 2.23 bits per heavy atom. The highest BCUT2D eigenvalue weighted by atomic mass is 32.2. The van der Waals surface area contributed by atoms with Gasteiger partial charge in [-0.2, -0.15) is 0 Å². The number of sulfonamides is 1. The fourth-order valence-electron chi connectivity index (χ4n) is 2.51. The Kier molecular flexibility index (Phi) is 6.74. The van der Waals surface area contributed by atoms with Crippen molar-refractivity contribution in [2.24, 2.45) is 0 Å². The molecule has 1 N–H and O–H groups in total. The van der Waals surface area contributed by atoms with Crippen molar-refractivity contribution in [2.45, 2.75) is 24.7 Å². The van der Waals surface area contributed by atoms with Gasteiger partial charge in [-0.05, 0) is 42.8 Å². The van der Waals surface area contributed by atoms with Crippen LogP contribution in [0.5, 0.6) is 11.5 Å². The maximum absolute atomic E-state index is 12.6. The molecule has 0 saturated carbocycles. The number of rotatable bonds is 9. The minimum absolute atomic E-state index is 0.110.